The number of rotatable bonds is 10. The maximum absolute atomic E-state index is 11.0. The molecule has 0 unspecified atom stereocenters. The van der Waals surface area contributed by atoms with Gasteiger partial charge in [0.1, 0.15) is 0 Å². The molecule has 5 heteroatoms. The molecular weight excluding hydrogens is 222 g/mol. The Morgan fingerprint density at radius 1 is 0.882 bits per heavy atom. The summed E-state index contributed by atoms with van der Waals surface area (Å²) in [6.07, 6.45) is 2.41. The third kappa shape index (κ3) is 11.2. The normalized spacial score (nSPS) is 10.0. The molecule has 0 heterocycles. The molecule has 100 valence electrons. The van der Waals surface area contributed by atoms with Gasteiger partial charge in [0.05, 0.1) is 13.2 Å². The predicted molar refractivity (Wildman–Crippen MR) is 64.6 cm³/mol. The van der Waals surface area contributed by atoms with Crippen molar-refractivity contribution in [2.45, 2.75) is 39.5 Å². The smallest absolute Gasteiger partial charge is 0.305 e. The van der Waals surface area contributed by atoms with Gasteiger partial charge in [-0.2, -0.15) is 0 Å². The second-order valence-corrected chi connectivity index (χ2v) is 3.57. The van der Waals surface area contributed by atoms with Gasteiger partial charge in [0, 0.05) is 12.8 Å². The van der Waals surface area contributed by atoms with Crippen LogP contribution in [0.15, 0.2) is 0 Å². The molecule has 0 aliphatic heterocycles. The van der Waals surface area contributed by atoms with Crippen molar-refractivity contribution >= 4 is 11.9 Å². The zero-order valence-corrected chi connectivity index (χ0v) is 10.8. The second-order valence-electron chi connectivity index (χ2n) is 3.57. The van der Waals surface area contributed by atoms with E-state index in [0.29, 0.717) is 26.1 Å². The summed E-state index contributed by atoms with van der Waals surface area (Å²) in [4.78, 5) is 22.0. The van der Waals surface area contributed by atoms with E-state index >= 15 is 0 Å². The third-order valence-electron chi connectivity index (χ3n) is 2.08. The summed E-state index contributed by atoms with van der Waals surface area (Å²) in [6.45, 7) is 6.00. The Labute approximate surface area is 103 Å². The molecule has 0 aliphatic rings. The lowest BCUT2D eigenvalue weighted by atomic mass is 10.3. The highest BCUT2D eigenvalue weighted by molar-refractivity contribution is 5.69. The molecule has 0 bridgehead atoms. The van der Waals surface area contributed by atoms with E-state index in [1.165, 1.54) is 0 Å². The summed E-state index contributed by atoms with van der Waals surface area (Å²) in [5, 5.41) is 3.16. The molecule has 0 atom stereocenters. The van der Waals surface area contributed by atoms with Crippen LogP contribution in [-0.4, -0.2) is 38.2 Å². The van der Waals surface area contributed by atoms with Crippen LogP contribution < -0.4 is 5.32 Å². The van der Waals surface area contributed by atoms with Crippen molar-refractivity contribution in [3.63, 3.8) is 0 Å². The third-order valence-corrected chi connectivity index (χ3v) is 2.08. The topological polar surface area (TPSA) is 64.6 Å². The van der Waals surface area contributed by atoms with E-state index in [4.69, 9.17) is 9.47 Å². The Morgan fingerprint density at radius 3 is 1.65 bits per heavy atom. The van der Waals surface area contributed by atoms with Crippen LogP contribution in [0.2, 0.25) is 0 Å². The summed E-state index contributed by atoms with van der Waals surface area (Å²) in [7, 11) is 0. The van der Waals surface area contributed by atoms with E-state index in [0.717, 1.165) is 25.9 Å². The monoisotopic (exact) mass is 245 g/mol. The van der Waals surface area contributed by atoms with Gasteiger partial charge in [-0.15, -0.1) is 0 Å². The van der Waals surface area contributed by atoms with Gasteiger partial charge in [0.25, 0.3) is 0 Å². The first-order valence-corrected chi connectivity index (χ1v) is 6.22. The van der Waals surface area contributed by atoms with Crippen molar-refractivity contribution < 1.29 is 19.1 Å². The molecule has 0 aromatic heterocycles. The van der Waals surface area contributed by atoms with Gasteiger partial charge >= 0.3 is 11.9 Å². The Hall–Kier alpha value is -1.10. The molecule has 5 nitrogen and oxygen atoms in total. The molecule has 0 aliphatic carbocycles. The van der Waals surface area contributed by atoms with Gasteiger partial charge in [-0.05, 0) is 39.8 Å². The first kappa shape index (κ1) is 15.9. The number of hydrogen-bond donors (Lipinski definition) is 1. The van der Waals surface area contributed by atoms with Crippen molar-refractivity contribution in [2.24, 2.45) is 0 Å². The molecule has 17 heavy (non-hydrogen) atoms. The lowest BCUT2D eigenvalue weighted by molar-refractivity contribution is -0.144. The fraction of sp³-hybridized carbons (Fsp3) is 0.833. The highest BCUT2D eigenvalue weighted by Gasteiger charge is 2.02. The zero-order chi connectivity index (χ0) is 12.9. The molecular formula is C12H23NO4. The van der Waals surface area contributed by atoms with E-state index in [9.17, 15) is 9.59 Å². The molecule has 0 aromatic carbocycles. The molecule has 0 aromatic rings. The molecule has 0 radical (unpaired) electrons. The SMILES string of the molecule is CCOC(=O)CCCNCCCC(=O)OCC. The lowest BCUT2D eigenvalue weighted by Gasteiger charge is -2.04. The average Bonchev–Trinajstić information content (AvgIpc) is 2.28. The molecule has 0 rings (SSSR count). The van der Waals surface area contributed by atoms with Crippen LogP contribution in [0, 0.1) is 0 Å². The minimum atomic E-state index is -0.152. The van der Waals surface area contributed by atoms with E-state index in [2.05, 4.69) is 5.32 Å². The van der Waals surface area contributed by atoms with Crippen molar-refractivity contribution in [1.82, 2.24) is 5.32 Å². The van der Waals surface area contributed by atoms with E-state index < -0.39 is 0 Å². The first-order chi connectivity index (χ1) is 8.20. The van der Waals surface area contributed by atoms with Crippen LogP contribution in [0.4, 0.5) is 0 Å². The largest absolute Gasteiger partial charge is 0.466 e. The van der Waals surface area contributed by atoms with E-state index in [1.807, 2.05) is 0 Å². The first-order valence-electron chi connectivity index (χ1n) is 6.22. The van der Waals surface area contributed by atoms with Crippen molar-refractivity contribution in [3.8, 4) is 0 Å². The molecule has 0 amide bonds. The summed E-state index contributed by atoms with van der Waals surface area (Å²) < 4.78 is 9.60. The van der Waals surface area contributed by atoms with Crippen LogP contribution in [-0.2, 0) is 19.1 Å². The Kier molecular flexibility index (Phi) is 10.7. The maximum Gasteiger partial charge on any atom is 0.305 e. The number of carbonyl (C=O) groups is 2. The number of nitrogens with one attached hydrogen (secondary N) is 1. The highest BCUT2D eigenvalue weighted by Crippen LogP contribution is 1.93. The number of hydrogen-bond acceptors (Lipinski definition) is 5. The van der Waals surface area contributed by atoms with Crippen LogP contribution in [0.3, 0.4) is 0 Å². The van der Waals surface area contributed by atoms with Crippen LogP contribution in [0.1, 0.15) is 39.5 Å². The summed E-state index contributed by atoms with van der Waals surface area (Å²) in [5.74, 6) is -0.304. The molecule has 0 saturated carbocycles. The fourth-order valence-corrected chi connectivity index (χ4v) is 1.31. The minimum Gasteiger partial charge on any atom is -0.466 e. The molecule has 1 N–H and O–H groups in total. The molecule has 0 spiro atoms. The van der Waals surface area contributed by atoms with E-state index in [-0.39, 0.29) is 11.9 Å². The molecule has 0 saturated heterocycles. The maximum atomic E-state index is 11.0. The fourth-order valence-electron chi connectivity index (χ4n) is 1.31. The van der Waals surface area contributed by atoms with Crippen molar-refractivity contribution in [3.05, 3.63) is 0 Å². The summed E-state index contributed by atoms with van der Waals surface area (Å²) in [6, 6.07) is 0. The average molecular weight is 245 g/mol. The van der Waals surface area contributed by atoms with Gasteiger partial charge in [-0.1, -0.05) is 0 Å². The van der Waals surface area contributed by atoms with Crippen molar-refractivity contribution in [1.29, 1.82) is 0 Å². The van der Waals surface area contributed by atoms with E-state index in [1.54, 1.807) is 13.8 Å². The summed E-state index contributed by atoms with van der Waals surface area (Å²) in [5.41, 5.74) is 0. The van der Waals surface area contributed by atoms with Gasteiger partial charge < -0.3 is 14.8 Å². The number of ether oxygens (including phenoxy) is 2. The van der Waals surface area contributed by atoms with Crippen LogP contribution in [0.25, 0.3) is 0 Å². The van der Waals surface area contributed by atoms with Gasteiger partial charge in [0.2, 0.25) is 0 Å². The quantitative estimate of drug-likeness (QED) is 0.464. The minimum absolute atomic E-state index is 0.152. The Morgan fingerprint density at radius 2 is 1.29 bits per heavy atom. The van der Waals surface area contributed by atoms with Crippen LogP contribution >= 0.6 is 0 Å². The molecule has 0 fully saturated rings. The predicted octanol–water partition coefficient (Wildman–Crippen LogP) is 1.26. The number of esters is 2. The standard InChI is InChI=1S/C12H23NO4/c1-3-16-11(14)7-5-9-13-10-6-8-12(15)17-4-2/h13H,3-10H2,1-2H3. The Bertz CT molecular complexity index is 197. The lowest BCUT2D eigenvalue weighted by Crippen LogP contribution is -2.19. The van der Waals surface area contributed by atoms with Crippen molar-refractivity contribution in [2.75, 3.05) is 26.3 Å². The highest BCUT2D eigenvalue weighted by atomic mass is 16.5. The number of carbonyl (C=O) groups excluding carboxylic acids is 2. The zero-order valence-electron chi connectivity index (χ0n) is 10.8. The summed E-state index contributed by atoms with van der Waals surface area (Å²) >= 11 is 0. The second kappa shape index (κ2) is 11.4. The Balaban J connectivity index is 3.18. The van der Waals surface area contributed by atoms with Gasteiger partial charge in [-0.3, -0.25) is 9.59 Å². The van der Waals surface area contributed by atoms with Crippen LogP contribution in [0.5, 0.6) is 0 Å². The van der Waals surface area contributed by atoms with Gasteiger partial charge in [0.15, 0.2) is 0 Å². The van der Waals surface area contributed by atoms with Gasteiger partial charge in [-0.25, -0.2) is 0 Å².